The molecule has 1 fully saturated rings. The Labute approximate surface area is 190 Å². The number of thiazole rings is 1. The third kappa shape index (κ3) is 7.09. The number of anilines is 1. The van der Waals surface area contributed by atoms with Gasteiger partial charge in [0, 0.05) is 62.9 Å². The summed E-state index contributed by atoms with van der Waals surface area (Å²) >= 11 is 0.321. The number of rotatable bonds is 10. The van der Waals surface area contributed by atoms with Crippen LogP contribution in [0.2, 0.25) is 0 Å². The van der Waals surface area contributed by atoms with Gasteiger partial charge in [-0.2, -0.15) is 0 Å². The molecule has 1 saturated heterocycles. The number of carbonyl (C=O) groups is 1. The van der Waals surface area contributed by atoms with Gasteiger partial charge in [-0.1, -0.05) is 0 Å². The number of hydrogen-bond acceptors (Lipinski definition) is 8. The second-order valence-corrected chi connectivity index (χ2v) is 10.1. The van der Waals surface area contributed by atoms with Gasteiger partial charge in [0.25, 0.3) is 5.91 Å². The number of benzene rings is 1. The summed E-state index contributed by atoms with van der Waals surface area (Å²) in [6.45, 7) is 5.55. The van der Waals surface area contributed by atoms with E-state index in [1.165, 1.54) is 11.3 Å². The van der Waals surface area contributed by atoms with Gasteiger partial charge in [-0.3, -0.25) is 20.4 Å². The number of likely N-dealkylation sites (N-methyl/N-ethyl adjacent to an activating group) is 1. The minimum atomic E-state index is -1.12. The van der Waals surface area contributed by atoms with Crippen LogP contribution in [-0.4, -0.2) is 83.7 Å². The Kier molecular flexibility index (Phi) is 9.00. The van der Waals surface area contributed by atoms with E-state index in [1.54, 1.807) is 37.6 Å². The SMILES string of the molecule is COCCC[S+]([O-])c1ccc(C(=N)C(=O)Nc2ncc(CN3CCN(C)CC3)s2)cc1. The second kappa shape index (κ2) is 11.7. The fourth-order valence-electron chi connectivity index (χ4n) is 3.18. The van der Waals surface area contributed by atoms with Crippen molar-refractivity contribution >= 4 is 39.3 Å². The van der Waals surface area contributed by atoms with E-state index < -0.39 is 17.1 Å². The summed E-state index contributed by atoms with van der Waals surface area (Å²) in [7, 11) is 3.75. The highest BCUT2D eigenvalue weighted by molar-refractivity contribution is 7.91. The topological polar surface area (TPSA) is 105 Å². The van der Waals surface area contributed by atoms with E-state index in [0.29, 0.717) is 34.4 Å². The number of piperazine rings is 1. The summed E-state index contributed by atoms with van der Waals surface area (Å²) in [5.74, 6) is 0.0143. The predicted octanol–water partition coefficient (Wildman–Crippen LogP) is 2.04. The minimum Gasteiger partial charge on any atom is -0.611 e. The molecule has 1 amide bonds. The van der Waals surface area contributed by atoms with Crippen LogP contribution in [-0.2, 0) is 27.3 Å². The molecule has 2 N–H and O–H groups in total. The molecule has 1 aliphatic heterocycles. The van der Waals surface area contributed by atoms with Crippen LogP contribution in [0, 0.1) is 5.41 Å². The molecule has 1 unspecified atom stereocenters. The van der Waals surface area contributed by atoms with E-state index >= 15 is 0 Å². The third-order valence-electron chi connectivity index (χ3n) is 5.06. The van der Waals surface area contributed by atoms with Crippen molar-refractivity contribution in [3.8, 4) is 0 Å². The average Bonchev–Trinajstić information content (AvgIpc) is 3.21. The van der Waals surface area contributed by atoms with Crippen LogP contribution < -0.4 is 5.32 Å². The normalized spacial score (nSPS) is 16.2. The van der Waals surface area contributed by atoms with E-state index in [-0.39, 0.29) is 5.71 Å². The molecule has 0 aliphatic carbocycles. The summed E-state index contributed by atoms with van der Waals surface area (Å²) in [4.78, 5) is 23.2. The molecule has 1 aliphatic rings. The lowest BCUT2D eigenvalue weighted by atomic mass is 10.1. The van der Waals surface area contributed by atoms with E-state index in [2.05, 4.69) is 27.1 Å². The maximum absolute atomic E-state index is 12.5. The zero-order chi connectivity index (χ0) is 22.2. The maximum Gasteiger partial charge on any atom is 0.275 e. The molecule has 10 heteroatoms. The molecule has 2 aromatic rings. The summed E-state index contributed by atoms with van der Waals surface area (Å²) in [5.41, 5.74) is 0.330. The number of aromatic nitrogens is 1. The third-order valence-corrected chi connectivity index (χ3v) is 7.42. The molecule has 2 heterocycles. The molecule has 0 saturated carbocycles. The lowest BCUT2D eigenvalue weighted by Crippen LogP contribution is -2.43. The van der Waals surface area contributed by atoms with Crippen LogP contribution in [0.3, 0.4) is 0 Å². The first-order valence-corrected chi connectivity index (χ1v) is 12.3. The Morgan fingerprint density at radius 2 is 2.00 bits per heavy atom. The molecule has 0 spiro atoms. The van der Waals surface area contributed by atoms with Crippen LogP contribution in [0.4, 0.5) is 5.13 Å². The van der Waals surface area contributed by atoms with Crippen LogP contribution in [0.15, 0.2) is 35.4 Å². The summed E-state index contributed by atoms with van der Waals surface area (Å²) in [6, 6.07) is 6.73. The molecule has 1 aromatic heterocycles. The molecule has 1 aromatic carbocycles. The monoisotopic (exact) mass is 463 g/mol. The van der Waals surface area contributed by atoms with Gasteiger partial charge in [0.15, 0.2) is 10.0 Å². The van der Waals surface area contributed by atoms with E-state index in [9.17, 15) is 9.35 Å². The zero-order valence-electron chi connectivity index (χ0n) is 17.9. The van der Waals surface area contributed by atoms with Gasteiger partial charge in [-0.05, 0) is 42.5 Å². The first kappa shape index (κ1) is 23.8. The Morgan fingerprint density at radius 1 is 1.29 bits per heavy atom. The average molecular weight is 464 g/mol. The number of nitrogens with one attached hydrogen (secondary N) is 2. The molecule has 0 radical (unpaired) electrons. The van der Waals surface area contributed by atoms with Crippen molar-refractivity contribution in [1.29, 1.82) is 5.41 Å². The fraction of sp³-hybridized carbons (Fsp3) is 0.476. The van der Waals surface area contributed by atoms with Crippen LogP contribution >= 0.6 is 11.3 Å². The lowest BCUT2D eigenvalue weighted by molar-refractivity contribution is -0.110. The largest absolute Gasteiger partial charge is 0.611 e. The van der Waals surface area contributed by atoms with Gasteiger partial charge < -0.3 is 14.2 Å². The molecule has 0 bridgehead atoms. The van der Waals surface area contributed by atoms with Crippen molar-refractivity contribution in [2.24, 2.45) is 0 Å². The minimum absolute atomic E-state index is 0.146. The van der Waals surface area contributed by atoms with Crippen LogP contribution in [0.25, 0.3) is 0 Å². The highest BCUT2D eigenvalue weighted by atomic mass is 32.2. The number of nitrogens with zero attached hydrogens (tertiary/aromatic N) is 3. The van der Waals surface area contributed by atoms with Gasteiger partial charge >= 0.3 is 0 Å². The molecule has 3 rings (SSSR count). The van der Waals surface area contributed by atoms with Gasteiger partial charge in [0.2, 0.25) is 0 Å². The lowest BCUT2D eigenvalue weighted by Gasteiger charge is -2.31. The van der Waals surface area contributed by atoms with Crippen LogP contribution in [0.1, 0.15) is 16.9 Å². The highest BCUT2D eigenvalue weighted by Gasteiger charge is 2.18. The van der Waals surface area contributed by atoms with Gasteiger partial charge in [0.1, 0.15) is 11.5 Å². The summed E-state index contributed by atoms with van der Waals surface area (Å²) in [5, 5.41) is 11.4. The van der Waals surface area contributed by atoms with Crippen molar-refractivity contribution in [3.05, 3.63) is 40.9 Å². The van der Waals surface area contributed by atoms with E-state index in [0.717, 1.165) is 37.6 Å². The predicted molar refractivity (Wildman–Crippen MR) is 125 cm³/mol. The van der Waals surface area contributed by atoms with Crippen molar-refractivity contribution in [2.75, 3.05) is 58.0 Å². The molecular formula is C21H29N5O3S2. The smallest absolute Gasteiger partial charge is 0.275 e. The highest BCUT2D eigenvalue weighted by Crippen LogP contribution is 2.21. The van der Waals surface area contributed by atoms with Crippen molar-refractivity contribution < 1.29 is 14.1 Å². The van der Waals surface area contributed by atoms with Crippen LogP contribution in [0.5, 0.6) is 0 Å². The number of ether oxygens (including phenoxy) is 1. The van der Waals surface area contributed by atoms with Gasteiger partial charge in [0.05, 0.1) is 6.61 Å². The quantitative estimate of drug-likeness (QED) is 0.317. The van der Waals surface area contributed by atoms with E-state index in [4.69, 9.17) is 10.1 Å². The Bertz CT molecular complexity index is 866. The zero-order valence-corrected chi connectivity index (χ0v) is 19.6. The second-order valence-electron chi connectivity index (χ2n) is 7.46. The van der Waals surface area contributed by atoms with Crippen molar-refractivity contribution in [2.45, 2.75) is 17.9 Å². The molecule has 31 heavy (non-hydrogen) atoms. The first-order chi connectivity index (χ1) is 15.0. The first-order valence-electron chi connectivity index (χ1n) is 10.2. The maximum atomic E-state index is 12.5. The fourth-order valence-corrected chi connectivity index (χ4v) is 5.09. The molecule has 168 valence electrons. The molecular weight excluding hydrogens is 434 g/mol. The Morgan fingerprint density at radius 3 is 2.68 bits per heavy atom. The van der Waals surface area contributed by atoms with Gasteiger partial charge in [-0.25, -0.2) is 4.98 Å². The van der Waals surface area contributed by atoms with Crippen molar-refractivity contribution in [3.63, 3.8) is 0 Å². The van der Waals surface area contributed by atoms with Crippen molar-refractivity contribution in [1.82, 2.24) is 14.8 Å². The number of methoxy groups -OCH3 is 1. The number of amides is 1. The van der Waals surface area contributed by atoms with Gasteiger partial charge in [-0.15, -0.1) is 11.3 Å². The van der Waals surface area contributed by atoms with E-state index in [1.807, 2.05) is 0 Å². The molecule has 1 atom stereocenters. The summed E-state index contributed by atoms with van der Waals surface area (Å²) < 4.78 is 17.2. The summed E-state index contributed by atoms with van der Waals surface area (Å²) in [6.07, 6.45) is 2.50. The number of hydrogen-bond donors (Lipinski definition) is 2. The Balaban J connectivity index is 1.51. The molecule has 8 nitrogen and oxygen atoms in total. The number of carbonyl (C=O) groups excluding carboxylic acids is 1. The standard InChI is InChI=1S/C21H29N5O3S2/c1-25-8-10-26(11-9-25)15-17-14-23-21(30-17)24-20(27)19(22)16-4-6-18(7-5-16)31(28)13-3-12-29-2/h4-7,14,22H,3,8-13,15H2,1-2H3,(H,23,24,27). The Hall–Kier alpha value is -1.82.